The molecule has 2 aromatic rings. The summed E-state index contributed by atoms with van der Waals surface area (Å²) in [4.78, 5) is 30.2. The fourth-order valence-corrected chi connectivity index (χ4v) is 4.72. The van der Waals surface area contributed by atoms with Gasteiger partial charge in [-0.25, -0.2) is 0 Å². The summed E-state index contributed by atoms with van der Waals surface area (Å²) in [7, 11) is 0. The van der Waals surface area contributed by atoms with Crippen molar-refractivity contribution in [2.75, 3.05) is 0 Å². The minimum atomic E-state index is -3.32. The second-order valence-electron chi connectivity index (χ2n) is 9.72. The first-order valence-corrected chi connectivity index (χ1v) is 12.4. The maximum Gasteiger partial charge on any atom is 0.251 e. The molecule has 5 atom stereocenters. The van der Waals surface area contributed by atoms with Crippen LogP contribution >= 0.6 is 0 Å². The minimum Gasteiger partial charge on any atom is -0.513 e. The third kappa shape index (κ3) is 7.09. The van der Waals surface area contributed by atoms with E-state index in [1.165, 1.54) is 6.08 Å². The molecule has 0 spiro atoms. The molecule has 200 valence electrons. The average Bonchev–Trinajstić information content (AvgIpc) is 2.87. The molecule has 1 aliphatic carbocycles. The molecule has 0 amide bonds. The molecule has 1 aromatic carbocycles. The summed E-state index contributed by atoms with van der Waals surface area (Å²) in [6, 6.07) is 9.29. The number of nitrogens with zero attached hydrogens (tertiary/aromatic N) is 1. The minimum absolute atomic E-state index is 0.0324. The summed E-state index contributed by atoms with van der Waals surface area (Å²) in [5.74, 6) is -6.98. The van der Waals surface area contributed by atoms with Gasteiger partial charge in [0, 0.05) is 30.8 Å². The summed E-state index contributed by atoms with van der Waals surface area (Å²) < 4.78 is 0. The van der Waals surface area contributed by atoms with Gasteiger partial charge in [0.05, 0.1) is 29.4 Å². The van der Waals surface area contributed by atoms with Crippen LogP contribution in [0.15, 0.2) is 61.0 Å². The highest BCUT2D eigenvalue weighted by molar-refractivity contribution is 5.90. The number of carbonyl (C=O) groups excluding carboxylic acids is 2. The van der Waals surface area contributed by atoms with Gasteiger partial charge in [-0.3, -0.25) is 14.6 Å². The van der Waals surface area contributed by atoms with E-state index in [1.54, 1.807) is 12.3 Å². The van der Waals surface area contributed by atoms with Crippen LogP contribution in [0.1, 0.15) is 56.4 Å². The van der Waals surface area contributed by atoms with Gasteiger partial charge in [-0.05, 0) is 55.4 Å². The van der Waals surface area contributed by atoms with Crippen molar-refractivity contribution in [1.29, 1.82) is 0 Å². The van der Waals surface area contributed by atoms with Crippen LogP contribution in [0.5, 0.6) is 0 Å². The van der Waals surface area contributed by atoms with Gasteiger partial charge in [0.1, 0.15) is 11.9 Å². The van der Waals surface area contributed by atoms with Crippen LogP contribution in [0.4, 0.5) is 0 Å². The Morgan fingerprint density at radius 1 is 1.11 bits per heavy atom. The number of benzene rings is 1. The zero-order valence-electron chi connectivity index (χ0n) is 20.6. The van der Waals surface area contributed by atoms with Gasteiger partial charge in [-0.2, -0.15) is 0 Å². The number of carbonyl (C=O) groups is 2. The molecule has 9 nitrogen and oxygen atoms in total. The Balaban J connectivity index is 1.93. The van der Waals surface area contributed by atoms with Crippen LogP contribution in [0, 0.1) is 5.92 Å². The van der Waals surface area contributed by atoms with Crippen molar-refractivity contribution >= 4 is 22.5 Å². The summed E-state index contributed by atoms with van der Waals surface area (Å²) in [6.07, 6.45) is -0.911. The van der Waals surface area contributed by atoms with Crippen LogP contribution in [-0.2, 0) is 9.59 Å². The van der Waals surface area contributed by atoms with E-state index >= 15 is 0 Å². The molecule has 3 rings (SSSR count). The van der Waals surface area contributed by atoms with Crippen LogP contribution in [0.3, 0.4) is 0 Å². The molecule has 1 aliphatic rings. The van der Waals surface area contributed by atoms with Crippen molar-refractivity contribution in [3.63, 3.8) is 0 Å². The molecule has 0 aliphatic heterocycles. The number of aliphatic hydroxyl groups is 6. The topological polar surface area (TPSA) is 168 Å². The van der Waals surface area contributed by atoms with Crippen LogP contribution < -0.4 is 0 Å². The van der Waals surface area contributed by atoms with E-state index in [0.717, 1.165) is 16.5 Å². The molecule has 0 saturated carbocycles. The number of aromatic nitrogens is 1. The number of ketones is 2. The first kappa shape index (κ1) is 28.6. The van der Waals surface area contributed by atoms with Gasteiger partial charge < -0.3 is 30.6 Å². The van der Waals surface area contributed by atoms with Gasteiger partial charge >= 0.3 is 0 Å². The maximum absolute atomic E-state index is 12.9. The molecule has 9 heteroatoms. The molecule has 1 aromatic heterocycles. The number of allylic oxidation sites excluding steroid dienone is 3. The Labute approximate surface area is 215 Å². The van der Waals surface area contributed by atoms with Crippen molar-refractivity contribution in [2.24, 2.45) is 5.92 Å². The first-order chi connectivity index (χ1) is 17.5. The lowest BCUT2D eigenvalue weighted by Crippen LogP contribution is -2.55. The highest BCUT2D eigenvalue weighted by Gasteiger charge is 2.48. The number of fused-ring (bicyclic) bond motifs is 1. The average molecular weight is 514 g/mol. The van der Waals surface area contributed by atoms with Crippen molar-refractivity contribution in [3.05, 3.63) is 66.6 Å². The normalized spacial score (nSPS) is 30.0. The van der Waals surface area contributed by atoms with Gasteiger partial charge in [0.2, 0.25) is 0 Å². The van der Waals surface area contributed by atoms with Crippen LogP contribution in [0.2, 0.25) is 0 Å². The fourth-order valence-electron chi connectivity index (χ4n) is 4.72. The first-order valence-electron chi connectivity index (χ1n) is 12.4. The van der Waals surface area contributed by atoms with Crippen molar-refractivity contribution < 1.29 is 40.2 Å². The smallest absolute Gasteiger partial charge is 0.251 e. The lowest BCUT2D eigenvalue weighted by atomic mass is 9.82. The Morgan fingerprint density at radius 2 is 1.86 bits per heavy atom. The zero-order chi connectivity index (χ0) is 27.2. The second kappa shape index (κ2) is 12.5. The molecule has 6 N–H and O–H groups in total. The number of hydrogen-bond donors (Lipinski definition) is 6. The third-order valence-corrected chi connectivity index (χ3v) is 6.96. The lowest BCUT2D eigenvalue weighted by molar-refractivity contribution is -0.226. The zero-order valence-corrected chi connectivity index (χ0v) is 20.6. The maximum atomic E-state index is 12.9. The van der Waals surface area contributed by atoms with E-state index in [4.69, 9.17) is 0 Å². The van der Waals surface area contributed by atoms with Gasteiger partial charge in [-0.1, -0.05) is 24.3 Å². The summed E-state index contributed by atoms with van der Waals surface area (Å²) in [5.41, 5.74) is 1.50. The van der Waals surface area contributed by atoms with E-state index in [9.17, 15) is 40.2 Å². The predicted octanol–water partition coefficient (Wildman–Crippen LogP) is 2.21. The Kier molecular flexibility index (Phi) is 9.69. The van der Waals surface area contributed by atoms with E-state index in [1.807, 2.05) is 30.3 Å². The number of aliphatic hydroxyl groups excluding tert-OH is 4. The lowest BCUT2D eigenvalue weighted by Gasteiger charge is -2.33. The van der Waals surface area contributed by atoms with Gasteiger partial charge in [0.25, 0.3) is 5.79 Å². The summed E-state index contributed by atoms with van der Waals surface area (Å²) >= 11 is 0. The molecule has 0 fully saturated rings. The summed E-state index contributed by atoms with van der Waals surface area (Å²) in [6.45, 7) is 3.50. The molecular formula is C28H35NO8. The highest BCUT2D eigenvalue weighted by atomic mass is 16.5. The number of pyridine rings is 1. The van der Waals surface area contributed by atoms with E-state index in [2.05, 4.69) is 11.6 Å². The van der Waals surface area contributed by atoms with E-state index in [0.29, 0.717) is 0 Å². The van der Waals surface area contributed by atoms with Crippen molar-refractivity contribution in [3.8, 4) is 0 Å². The molecule has 0 saturated heterocycles. The quantitative estimate of drug-likeness (QED) is 0.266. The Morgan fingerprint density at radius 3 is 2.59 bits per heavy atom. The molecule has 0 bridgehead atoms. The molecule has 37 heavy (non-hydrogen) atoms. The van der Waals surface area contributed by atoms with Crippen LogP contribution in [-0.4, -0.2) is 71.3 Å². The van der Waals surface area contributed by atoms with Gasteiger partial charge in [0.15, 0.2) is 5.78 Å². The molecular weight excluding hydrogens is 478 g/mol. The summed E-state index contributed by atoms with van der Waals surface area (Å²) in [5, 5.41) is 63.8. The molecule has 0 radical (unpaired) electrons. The van der Waals surface area contributed by atoms with Crippen molar-refractivity contribution in [1.82, 2.24) is 4.98 Å². The predicted molar refractivity (Wildman–Crippen MR) is 136 cm³/mol. The molecule has 0 unspecified atom stereocenters. The van der Waals surface area contributed by atoms with Crippen molar-refractivity contribution in [2.45, 2.75) is 75.0 Å². The number of Topliss-reactive ketones (excluding diaryl/α,β-unsaturated/α-hetero) is 2. The monoisotopic (exact) mass is 513 g/mol. The second-order valence-corrected chi connectivity index (χ2v) is 9.72. The SMILES string of the molecule is C=CC[C@H]1C(=O)C(O)(O)[C@@H](O)CC(=O)C[C@H](c2ccc3cccnc3c2)C/C=C(/O)CCC[C@H](O)[C@H]1O. The molecule has 1 heterocycles. The number of rotatable bonds is 3. The largest absolute Gasteiger partial charge is 0.513 e. The van der Waals surface area contributed by atoms with E-state index in [-0.39, 0.29) is 44.3 Å². The van der Waals surface area contributed by atoms with Crippen LogP contribution in [0.25, 0.3) is 10.9 Å². The third-order valence-electron chi connectivity index (χ3n) is 6.96. The fraction of sp³-hybridized carbons (Fsp3) is 0.464. The van der Waals surface area contributed by atoms with E-state index < -0.39 is 53.9 Å². The standard InChI is InChI=1S/C28H35NO8/c1-2-5-22-26(34)24(32)8-3-7-20(30)12-11-18(14-21(31)16-25(33)28(36,37)27(22)35)19-10-9-17-6-4-13-29-23(17)15-19/h2,4,6,9-10,12-13,15,18,22,24-26,30,32-34,36-37H,1,3,5,7-8,11,14,16H2/b20-12+/t18-,22-,24+,25+,26+/m1/s1. The highest BCUT2D eigenvalue weighted by Crippen LogP contribution is 2.31. The Hall–Kier alpha value is -2.95. The van der Waals surface area contributed by atoms with Gasteiger partial charge in [-0.15, -0.1) is 6.58 Å². The number of hydrogen-bond acceptors (Lipinski definition) is 9. The Bertz CT molecular complexity index is 1140.